The molecule has 0 saturated carbocycles. The summed E-state index contributed by atoms with van der Waals surface area (Å²) in [4.78, 5) is 0. The highest BCUT2D eigenvalue weighted by molar-refractivity contribution is 5.32. The van der Waals surface area contributed by atoms with E-state index < -0.39 is 0 Å². The summed E-state index contributed by atoms with van der Waals surface area (Å²) in [5.41, 5.74) is 8.04. The fraction of sp³-hybridized carbons (Fsp3) is 0.333. The van der Waals surface area contributed by atoms with E-state index in [4.69, 9.17) is 10.5 Å². The Morgan fingerprint density at radius 3 is 2.59 bits per heavy atom. The minimum Gasteiger partial charge on any atom is -0.494 e. The number of nitrogens with zero attached hydrogens (tertiary/aromatic N) is 3. The molecular formula is C12H16N4O. The maximum Gasteiger partial charge on any atom is 0.119 e. The zero-order valence-corrected chi connectivity index (χ0v) is 10.00. The van der Waals surface area contributed by atoms with Crippen LogP contribution in [0.2, 0.25) is 0 Å². The van der Waals surface area contributed by atoms with Crippen molar-refractivity contribution in [2.45, 2.75) is 13.0 Å². The molecule has 5 heteroatoms. The summed E-state index contributed by atoms with van der Waals surface area (Å²) in [6.07, 6.45) is 1.68. The fourth-order valence-corrected chi connectivity index (χ4v) is 1.69. The number of nitrogens with two attached hydrogens (primary N) is 1. The van der Waals surface area contributed by atoms with Gasteiger partial charge in [0.25, 0.3) is 0 Å². The highest BCUT2D eigenvalue weighted by atomic mass is 16.5. The van der Waals surface area contributed by atoms with Crippen LogP contribution in [0.1, 0.15) is 24.2 Å². The summed E-state index contributed by atoms with van der Waals surface area (Å²) in [6, 6.07) is 7.54. The third-order valence-electron chi connectivity index (χ3n) is 2.62. The second kappa shape index (κ2) is 4.97. The molecule has 0 spiro atoms. The lowest BCUT2D eigenvalue weighted by molar-refractivity contribution is 0.340. The first-order valence-electron chi connectivity index (χ1n) is 5.55. The first-order valence-corrected chi connectivity index (χ1v) is 5.55. The molecule has 1 atom stereocenters. The fourth-order valence-electron chi connectivity index (χ4n) is 1.69. The third kappa shape index (κ3) is 2.45. The largest absolute Gasteiger partial charge is 0.494 e. The smallest absolute Gasteiger partial charge is 0.119 e. The van der Waals surface area contributed by atoms with Crippen molar-refractivity contribution in [2.24, 2.45) is 12.8 Å². The van der Waals surface area contributed by atoms with Gasteiger partial charge in [-0.1, -0.05) is 17.3 Å². The zero-order chi connectivity index (χ0) is 12.3. The molecule has 0 aliphatic carbocycles. The van der Waals surface area contributed by atoms with Gasteiger partial charge in [0.05, 0.1) is 24.5 Å². The van der Waals surface area contributed by atoms with Gasteiger partial charge in [-0.05, 0) is 24.6 Å². The van der Waals surface area contributed by atoms with Crippen molar-refractivity contribution >= 4 is 0 Å². The Hall–Kier alpha value is -1.88. The zero-order valence-electron chi connectivity index (χ0n) is 10.00. The average Bonchev–Trinajstić information content (AvgIpc) is 2.76. The topological polar surface area (TPSA) is 66.0 Å². The summed E-state index contributed by atoms with van der Waals surface area (Å²) in [5.74, 6) is 0.853. The lowest BCUT2D eigenvalue weighted by Crippen LogP contribution is -2.15. The maximum absolute atomic E-state index is 6.14. The van der Waals surface area contributed by atoms with Gasteiger partial charge < -0.3 is 10.5 Å². The minimum absolute atomic E-state index is 0.217. The predicted octanol–water partition coefficient (Wildman–Crippen LogP) is 1.26. The van der Waals surface area contributed by atoms with E-state index in [1.54, 1.807) is 10.9 Å². The Labute approximate surface area is 100 Å². The van der Waals surface area contributed by atoms with Gasteiger partial charge in [-0.3, -0.25) is 4.68 Å². The molecule has 0 radical (unpaired) electrons. The minimum atomic E-state index is -0.217. The Morgan fingerprint density at radius 1 is 1.35 bits per heavy atom. The Morgan fingerprint density at radius 2 is 2.06 bits per heavy atom. The van der Waals surface area contributed by atoms with Crippen LogP contribution in [0.25, 0.3) is 0 Å². The number of ether oxygens (including phenoxy) is 1. The molecule has 1 unspecified atom stereocenters. The van der Waals surface area contributed by atoms with E-state index in [0.717, 1.165) is 17.0 Å². The number of hydrogen-bond donors (Lipinski definition) is 1. The van der Waals surface area contributed by atoms with Crippen LogP contribution in [0.3, 0.4) is 0 Å². The van der Waals surface area contributed by atoms with Crippen molar-refractivity contribution in [3.8, 4) is 5.75 Å². The van der Waals surface area contributed by atoms with Gasteiger partial charge in [-0.2, -0.15) is 0 Å². The van der Waals surface area contributed by atoms with Gasteiger partial charge >= 0.3 is 0 Å². The molecule has 0 aliphatic heterocycles. The van der Waals surface area contributed by atoms with Crippen LogP contribution in [-0.2, 0) is 7.05 Å². The number of hydrogen-bond acceptors (Lipinski definition) is 4. The standard InChI is InChI=1S/C12H16N4O/c1-3-17-10-6-4-9(5-7-10)12(13)11-8-14-15-16(11)2/h4-8,12H,3,13H2,1-2H3. The first kappa shape index (κ1) is 11.6. The van der Waals surface area contributed by atoms with Crippen molar-refractivity contribution in [1.82, 2.24) is 15.0 Å². The molecule has 1 heterocycles. The monoisotopic (exact) mass is 232 g/mol. The van der Waals surface area contributed by atoms with Crippen molar-refractivity contribution in [1.29, 1.82) is 0 Å². The van der Waals surface area contributed by atoms with Crippen LogP contribution in [-0.4, -0.2) is 21.6 Å². The maximum atomic E-state index is 6.14. The van der Waals surface area contributed by atoms with E-state index in [9.17, 15) is 0 Å². The first-order chi connectivity index (χ1) is 8.22. The van der Waals surface area contributed by atoms with Gasteiger partial charge in [0.2, 0.25) is 0 Å². The molecule has 2 N–H and O–H groups in total. The molecule has 1 aromatic carbocycles. The van der Waals surface area contributed by atoms with Crippen LogP contribution < -0.4 is 10.5 Å². The van der Waals surface area contributed by atoms with E-state index >= 15 is 0 Å². The number of aryl methyl sites for hydroxylation is 1. The molecule has 0 saturated heterocycles. The SMILES string of the molecule is CCOc1ccc(C(N)c2cnnn2C)cc1. The molecule has 1 aromatic heterocycles. The third-order valence-corrected chi connectivity index (χ3v) is 2.62. The van der Waals surface area contributed by atoms with Gasteiger partial charge in [0, 0.05) is 7.05 Å². The van der Waals surface area contributed by atoms with Crippen molar-refractivity contribution in [3.63, 3.8) is 0 Å². The Balaban J connectivity index is 2.20. The molecule has 17 heavy (non-hydrogen) atoms. The summed E-state index contributed by atoms with van der Waals surface area (Å²) < 4.78 is 7.07. The highest BCUT2D eigenvalue weighted by Gasteiger charge is 2.13. The number of rotatable bonds is 4. The van der Waals surface area contributed by atoms with Crippen molar-refractivity contribution < 1.29 is 4.74 Å². The molecule has 0 aliphatic rings. The van der Waals surface area contributed by atoms with Crippen molar-refractivity contribution in [3.05, 3.63) is 41.7 Å². The van der Waals surface area contributed by atoms with Gasteiger partial charge in [0.15, 0.2) is 0 Å². The highest BCUT2D eigenvalue weighted by Crippen LogP contribution is 2.20. The molecule has 90 valence electrons. The van der Waals surface area contributed by atoms with Crippen LogP contribution >= 0.6 is 0 Å². The van der Waals surface area contributed by atoms with Gasteiger partial charge in [-0.15, -0.1) is 5.10 Å². The van der Waals surface area contributed by atoms with Gasteiger partial charge in [-0.25, -0.2) is 0 Å². The summed E-state index contributed by atoms with van der Waals surface area (Å²) in [6.45, 7) is 2.62. The molecule has 5 nitrogen and oxygen atoms in total. The van der Waals surface area contributed by atoms with Gasteiger partial charge in [0.1, 0.15) is 5.75 Å². The average molecular weight is 232 g/mol. The van der Waals surface area contributed by atoms with E-state index in [1.165, 1.54) is 0 Å². The molecule has 0 fully saturated rings. The summed E-state index contributed by atoms with van der Waals surface area (Å²) in [5, 5.41) is 7.70. The predicted molar refractivity (Wildman–Crippen MR) is 64.6 cm³/mol. The summed E-state index contributed by atoms with van der Waals surface area (Å²) >= 11 is 0. The van der Waals surface area contributed by atoms with Crippen LogP contribution in [0.15, 0.2) is 30.5 Å². The molecule has 0 amide bonds. The quantitative estimate of drug-likeness (QED) is 0.861. The lowest BCUT2D eigenvalue weighted by atomic mass is 10.1. The number of benzene rings is 1. The van der Waals surface area contributed by atoms with E-state index in [2.05, 4.69) is 10.3 Å². The van der Waals surface area contributed by atoms with E-state index in [1.807, 2.05) is 38.2 Å². The normalized spacial score (nSPS) is 12.4. The second-order valence-electron chi connectivity index (χ2n) is 3.76. The van der Waals surface area contributed by atoms with Crippen LogP contribution in [0, 0.1) is 0 Å². The van der Waals surface area contributed by atoms with Crippen molar-refractivity contribution in [2.75, 3.05) is 6.61 Å². The van der Waals surface area contributed by atoms with E-state index in [0.29, 0.717) is 6.61 Å². The van der Waals surface area contributed by atoms with Crippen LogP contribution in [0.5, 0.6) is 5.75 Å². The second-order valence-corrected chi connectivity index (χ2v) is 3.76. The molecule has 2 rings (SSSR count). The van der Waals surface area contributed by atoms with Crippen LogP contribution in [0.4, 0.5) is 0 Å². The lowest BCUT2D eigenvalue weighted by Gasteiger charge is -2.12. The molecule has 0 bridgehead atoms. The summed E-state index contributed by atoms with van der Waals surface area (Å²) in [7, 11) is 1.83. The molecule has 2 aromatic rings. The molecular weight excluding hydrogens is 216 g/mol. The Kier molecular flexibility index (Phi) is 3.39. The Bertz CT molecular complexity index is 478. The van der Waals surface area contributed by atoms with E-state index in [-0.39, 0.29) is 6.04 Å². The number of aromatic nitrogens is 3.